The normalized spacial score (nSPS) is 19.4. The van der Waals surface area contributed by atoms with Crippen LogP contribution in [0.4, 0.5) is 9.93 Å². The Bertz CT molecular complexity index is 983. The molecule has 2 amide bonds. The van der Waals surface area contributed by atoms with Crippen LogP contribution in [0, 0.1) is 0 Å². The van der Waals surface area contributed by atoms with Crippen LogP contribution in [0.1, 0.15) is 38.7 Å². The van der Waals surface area contributed by atoms with Crippen LogP contribution in [0.2, 0.25) is 0 Å². The molecule has 2 fully saturated rings. The van der Waals surface area contributed by atoms with E-state index >= 15 is 0 Å². The number of ether oxygens (including phenoxy) is 1. The maximum Gasteiger partial charge on any atom is 0.323 e. The number of carbonyl (C=O) groups excluding carboxylic acids is 1. The van der Waals surface area contributed by atoms with E-state index in [4.69, 9.17) is 9.72 Å². The van der Waals surface area contributed by atoms with E-state index in [0.717, 1.165) is 88.6 Å². The molecule has 1 aromatic carbocycles. The van der Waals surface area contributed by atoms with Crippen LogP contribution in [0.3, 0.4) is 0 Å². The van der Waals surface area contributed by atoms with Crippen LogP contribution in [-0.2, 0) is 6.42 Å². The molecule has 2 saturated heterocycles. The van der Waals surface area contributed by atoms with E-state index in [1.165, 1.54) is 29.9 Å². The number of urea groups is 1. The third kappa shape index (κ3) is 7.18. The minimum absolute atomic E-state index is 0.0579. The Morgan fingerprint density at radius 2 is 2.00 bits per heavy atom. The van der Waals surface area contributed by atoms with Crippen molar-refractivity contribution in [3.8, 4) is 17.0 Å². The maximum absolute atomic E-state index is 13.0. The lowest BCUT2D eigenvalue weighted by atomic mass is 10.0. The average Bonchev–Trinajstić information content (AvgIpc) is 3.47. The molecular weight excluding hydrogens is 472 g/mol. The van der Waals surface area contributed by atoms with Gasteiger partial charge >= 0.3 is 6.03 Å². The van der Waals surface area contributed by atoms with Crippen LogP contribution in [0.15, 0.2) is 23.6 Å². The second kappa shape index (κ2) is 13.4. The summed E-state index contributed by atoms with van der Waals surface area (Å²) in [5, 5.41) is 9.22. The molecule has 2 N–H and O–H groups in total. The number of benzene rings is 1. The Morgan fingerprint density at radius 3 is 2.81 bits per heavy atom. The Hall–Kier alpha value is -2.20. The summed E-state index contributed by atoms with van der Waals surface area (Å²) in [5.41, 5.74) is 3.08. The zero-order valence-electron chi connectivity index (χ0n) is 22.1. The first-order valence-corrected chi connectivity index (χ1v) is 14.3. The van der Waals surface area contributed by atoms with Gasteiger partial charge < -0.3 is 24.8 Å². The molecular formula is C27H42N6O2S. The largest absolute Gasteiger partial charge is 0.496 e. The molecule has 198 valence electrons. The van der Waals surface area contributed by atoms with Crippen molar-refractivity contribution in [2.75, 3.05) is 71.3 Å². The number of carbonyl (C=O) groups is 1. The van der Waals surface area contributed by atoms with Crippen molar-refractivity contribution < 1.29 is 9.53 Å². The van der Waals surface area contributed by atoms with Crippen molar-refractivity contribution in [3.63, 3.8) is 0 Å². The second-order valence-corrected chi connectivity index (χ2v) is 10.6. The Labute approximate surface area is 220 Å². The standard InChI is InChI=1S/C27H42N6O2S/c1-4-7-21-8-9-25(35-3)23(18-21)24-20-36-26(29-24)30-27(34)33-12-6-11-31(16-17-33)14-15-32-13-10-22(19-32)28-5-2/h8-9,18,20,22,28H,4-7,10-17,19H2,1-3H3,(H,29,30,34). The molecule has 0 aliphatic carbocycles. The fourth-order valence-corrected chi connectivity index (χ4v) is 5.90. The van der Waals surface area contributed by atoms with Gasteiger partial charge in [0.1, 0.15) is 5.75 Å². The van der Waals surface area contributed by atoms with Crippen molar-refractivity contribution in [2.24, 2.45) is 0 Å². The summed E-state index contributed by atoms with van der Waals surface area (Å²) in [6, 6.07) is 6.85. The van der Waals surface area contributed by atoms with Gasteiger partial charge in [0.05, 0.1) is 12.8 Å². The van der Waals surface area contributed by atoms with Crippen molar-refractivity contribution in [1.82, 2.24) is 25.0 Å². The number of likely N-dealkylation sites (tertiary alicyclic amines) is 1. The molecule has 2 aliphatic heterocycles. The lowest BCUT2D eigenvalue weighted by molar-refractivity contribution is 0.207. The van der Waals surface area contributed by atoms with Gasteiger partial charge in [0.15, 0.2) is 5.13 Å². The lowest BCUT2D eigenvalue weighted by Gasteiger charge is -2.24. The average molecular weight is 515 g/mol. The predicted octanol–water partition coefficient (Wildman–Crippen LogP) is 3.99. The molecule has 36 heavy (non-hydrogen) atoms. The number of rotatable bonds is 10. The van der Waals surface area contributed by atoms with Gasteiger partial charge in [0.25, 0.3) is 0 Å². The van der Waals surface area contributed by atoms with Crippen molar-refractivity contribution in [2.45, 2.75) is 45.6 Å². The lowest BCUT2D eigenvalue weighted by Crippen LogP contribution is -2.40. The van der Waals surface area contributed by atoms with E-state index in [1.807, 2.05) is 16.3 Å². The molecule has 3 heterocycles. The molecule has 1 atom stereocenters. The summed E-state index contributed by atoms with van der Waals surface area (Å²) in [7, 11) is 1.68. The third-order valence-electron chi connectivity index (χ3n) is 7.17. The van der Waals surface area contributed by atoms with Gasteiger partial charge in [-0.15, -0.1) is 11.3 Å². The quantitative estimate of drug-likeness (QED) is 0.500. The van der Waals surface area contributed by atoms with E-state index in [1.54, 1.807) is 7.11 Å². The first-order valence-electron chi connectivity index (χ1n) is 13.5. The van der Waals surface area contributed by atoms with Gasteiger partial charge in [0.2, 0.25) is 0 Å². The van der Waals surface area contributed by atoms with E-state index in [2.05, 4.69) is 46.4 Å². The zero-order valence-corrected chi connectivity index (χ0v) is 22.9. The number of aromatic nitrogens is 1. The molecule has 0 spiro atoms. The summed E-state index contributed by atoms with van der Waals surface area (Å²) in [6.45, 7) is 13.4. The molecule has 0 radical (unpaired) electrons. The van der Waals surface area contributed by atoms with E-state index < -0.39 is 0 Å². The van der Waals surface area contributed by atoms with Gasteiger partial charge in [0, 0.05) is 56.3 Å². The first kappa shape index (κ1) is 26.9. The highest BCUT2D eigenvalue weighted by molar-refractivity contribution is 7.14. The minimum Gasteiger partial charge on any atom is -0.496 e. The number of hydrogen-bond acceptors (Lipinski definition) is 7. The molecule has 4 rings (SSSR count). The van der Waals surface area contributed by atoms with Gasteiger partial charge in [-0.3, -0.25) is 5.32 Å². The first-order chi connectivity index (χ1) is 17.6. The smallest absolute Gasteiger partial charge is 0.323 e. The predicted molar refractivity (Wildman–Crippen MR) is 148 cm³/mol. The summed E-state index contributed by atoms with van der Waals surface area (Å²) in [5.74, 6) is 0.803. The van der Waals surface area contributed by atoms with Crippen LogP contribution in [-0.4, -0.2) is 97.8 Å². The van der Waals surface area contributed by atoms with E-state index in [0.29, 0.717) is 11.2 Å². The van der Waals surface area contributed by atoms with Crippen LogP contribution >= 0.6 is 11.3 Å². The Morgan fingerprint density at radius 1 is 1.14 bits per heavy atom. The van der Waals surface area contributed by atoms with Gasteiger partial charge in [-0.2, -0.15) is 0 Å². The van der Waals surface area contributed by atoms with E-state index in [9.17, 15) is 4.79 Å². The topological polar surface area (TPSA) is 73.0 Å². The van der Waals surface area contributed by atoms with Gasteiger partial charge in [-0.25, -0.2) is 9.78 Å². The molecule has 0 bridgehead atoms. The number of thiazole rings is 1. The summed E-state index contributed by atoms with van der Waals surface area (Å²) >= 11 is 1.46. The van der Waals surface area contributed by atoms with E-state index in [-0.39, 0.29) is 6.03 Å². The number of likely N-dealkylation sites (N-methyl/N-ethyl adjacent to an activating group) is 1. The van der Waals surface area contributed by atoms with Gasteiger partial charge in [-0.1, -0.05) is 26.3 Å². The van der Waals surface area contributed by atoms with Crippen molar-refractivity contribution >= 4 is 22.5 Å². The van der Waals surface area contributed by atoms with Crippen LogP contribution < -0.4 is 15.4 Å². The van der Waals surface area contributed by atoms with Crippen molar-refractivity contribution in [3.05, 3.63) is 29.1 Å². The Balaban J connectivity index is 1.27. The molecule has 1 aromatic heterocycles. The number of aryl methyl sites for hydroxylation is 1. The molecule has 2 aliphatic rings. The van der Waals surface area contributed by atoms with Crippen molar-refractivity contribution in [1.29, 1.82) is 0 Å². The second-order valence-electron chi connectivity index (χ2n) is 9.78. The number of anilines is 1. The highest BCUT2D eigenvalue weighted by Crippen LogP contribution is 2.33. The highest BCUT2D eigenvalue weighted by atomic mass is 32.1. The molecule has 1 unspecified atom stereocenters. The fourth-order valence-electron chi connectivity index (χ4n) is 5.20. The fraction of sp³-hybridized carbons (Fsp3) is 0.630. The monoisotopic (exact) mass is 514 g/mol. The van der Waals surface area contributed by atoms with Crippen LogP contribution in [0.5, 0.6) is 5.75 Å². The molecule has 0 saturated carbocycles. The molecule has 8 nitrogen and oxygen atoms in total. The van der Waals surface area contributed by atoms with Gasteiger partial charge in [-0.05, 0) is 56.6 Å². The SMILES string of the molecule is CCCc1ccc(OC)c(-c2csc(NC(=O)N3CCCN(CCN4CCC(NCC)C4)CC3)n2)c1. The zero-order chi connectivity index (χ0) is 25.3. The minimum atomic E-state index is -0.0579. The number of methoxy groups -OCH3 is 1. The highest BCUT2D eigenvalue weighted by Gasteiger charge is 2.24. The summed E-state index contributed by atoms with van der Waals surface area (Å²) in [4.78, 5) is 24.7. The number of nitrogens with one attached hydrogen (secondary N) is 2. The summed E-state index contributed by atoms with van der Waals surface area (Å²) in [6.07, 6.45) is 4.35. The number of hydrogen-bond donors (Lipinski definition) is 2. The number of amides is 2. The summed E-state index contributed by atoms with van der Waals surface area (Å²) < 4.78 is 5.57. The number of nitrogens with zero attached hydrogens (tertiary/aromatic N) is 4. The van der Waals surface area contributed by atoms with Crippen LogP contribution in [0.25, 0.3) is 11.3 Å². The molecule has 9 heteroatoms. The third-order valence-corrected chi connectivity index (χ3v) is 7.93. The molecule has 2 aromatic rings. The Kier molecular flexibility index (Phi) is 9.98. The maximum atomic E-state index is 13.0.